The fraction of sp³-hybridized carbons (Fsp3) is 0.870. The summed E-state index contributed by atoms with van der Waals surface area (Å²) in [5.41, 5.74) is 6.40. The lowest BCUT2D eigenvalue weighted by Crippen LogP contribution is -2.32. The van der Waals surface area contributed by atoms with Gasteiger partial charge in [0.05, 0.1) is 65.2 Å². The Balaban J connectivity index is 0. The molecule has 0 aliphatic carbocycles. The maximum atomic E-state index is 10.9. The first-order valence-electron chi connectivity index (χ1n) is 12.0. The van der Waals surface area contributed by atoms with Gasteiger partial charge in [0, 0.05) is 31.0 Å². The van der Waals surface area contributed by atoms with Crippen LogP contribution in [0.15, 0.2) is 11.9 Å². The summed E-state index contributed by atoms with van der Waals surface area (Å²) >= 11 is 0. The van der Waals surface area contributed by atoms with E-state index in [1.54, 1.807) is 13.1 Å². The molecule has 0 fully saturated rings. The second-order valence-electron chi connectivity index (χ2n) is 7.92. The van der Waals surface area contributed by atoms with Gasteiger partial charge in [0.15, 0.2) is 0 Å². The second kappa shape index (κ2) is 24.8. The third-order valence-electron chi connectivity index (χ3n) is 4.61. The summed E-state index contributed by atoms with van der Waals surface area (Å²) in [6.45, 7) is 6.12. The topological polar surface area (TPSA) is 181 Å². The highest BCUT2D eigenvalue weighted by Gasteiger charge is 2.15. The van der Waals surface area contributed by atoms with Crippen molar-refractivity contribution >= 4 is 5.78 Å². The monoisotopic (exact) mass is 495 g/mol. The molecule has 0 aromatic rings. The molecule has 0 atom stereocenters. The van der Waals surface area contributed by atoms with Gasteiger partial charge in [-0.3, -0.25) is 0 Å². The minimum absolute atomic E-state index is 0.0856. The molecule has 0 rings (SSSR count). The van der Waals surface area contributed by atoms with Gasteiger partial charge in [-0.05, 0) is 19.8 Å². The van der Waals surface area contributed by atoms with Crippen LogP contribution in [0.1, 0.15) is 46.5 Å². The molecule has 0 aliphatic heterocycles. The van der Waals surface area contributed by atoms with Crippen LogP contribution in [0.5, 0.6) is 0 Å². The number of nitrogens with two attached hydrogens (primary N) is 2. The van der Waals surface area contributed by atoms with Crippen LogP contribution < -0.4 is 11.6 Å². The molecule has 0 radical (unpaired) electrons. The SMILES string of the molecule is CC.CC(=O)CCCCCN(N)/C=C(\N)COC(COCC(CO)CO)COCC(CO)CO. The predicted molar refractivity (Wildman–Crippen MR) is 130 cm³/mol. The zero-order valence-electron chi connectivity index (χ0n) is 21.2. The Labute approximate surface area is 204 Å². The normalized spacial score (nSPS) is 11.8. The van der Waals surface area contributed by atoms with Gasteiger partial charge in [0.1, 0.15) is 11.9 Å². The molecule has 0 unspecified atom stereocenters. The van der Waals surface area contributed by atoms with Crippen LogP contribution in [0, 0.1) is 11.8 Å². The van der Waals surface area contributed by atoms with Crippen molar-refractivity contribution in [3.63, 3.8) is 0 Å². The Morgan fingerprint density at radius 3 is 1.82 bits per heavy atom. The summed E-state index contributed by atoms with van der Waals surface area (Å²) in [5.74, 6) is 5.35. The first-order chi connectivity index (χ1) is 16.4. The standard InChI is InChI=1S/C21H43N3O8.C2H6/c1-17(29)5-3-2-4-6-24(23)7-20(22)14-32-21(15-30-12-18(8-25)9-26)16-31-13-19(10-27)11-28;1-2/h7,18-19,21,25-28H,2-6,8-16,22-23H2,1H3;1-2H3/b20-7-;. The number of rotatable bonds is 22. The molecule has 34 heavy (non-hydrogen) atoms. The molecule has 0 aromatic carbocycles. The number of ketones is 1. The Morgan fingerprint density at radius 2 is 1.38 bits per heavy atom. The molecule has 204 valence electrons. The minimum atomic E-state index is -0.490. The van der Waals surface area contributed by atoms with E-state index in [4.69, 9.17) is 46.2 Å². The third-order valence-corrected chi connectivity index (χ3v) is 4.61. The first kappa shape index (κ1) is 34.9. The molecule has 11 heteroatoms. The molecule has 0 aliphatic rings. The van der Waals surface area contributed by atoms with Gasteiger partial charge < -0.3 is 50.2 Å². The number of Topliss-reactive ketones (excluding diaryl/α,β-unsaturated/α-hetero) is 1. The molecule has 0 amide bonds. The van der Waals surface area contributed by atoms with Crippen LogP contribution in [0.25, 0.3) is 0 Å². The summed E-state index contributed by atoms with van der Waals surface area (Å²) in [4.78, 5) is 10.9. The van der Waals surface area contributed by atoms with E-state index < -0.39 is 6.10 Å². The van der Waals surface area contributed by atoms with Crippen LogP contribution >= 0.6 is 0 Å². The van der Waals surface area contributed by atoms with Crippen molar-refractivity contribution in [2.75, 3.05) is 66.0 Å². The summed E-state index contributed by atoms with van der Waals surface area (Å²) in [6.07, 6.45) is 4.26. The van der Waals surface area contributed by atoms with Crippen LogP contribution in [-0.2, 0) is 19.0 Å². The number of carbonyl (C=O) groups excluding carboxylic acids is 1. The maximum absolute atomic E-state index is 10.9. The van der Waals surface area contributed by atoms with Crippen molar-refractivity contribution in [3.8, 4) is 0 Å². The smallest absolute Gasteiger partial charge is 0.129 e. The average molecular weight is 496 g/mol. The lowest BCUT2D eigenvalue weighted by atomic mass is 10.1. The second-order valence-corrected chi connectivity index (χ2v) is 7.92. The first-order valence-corrected chi connectivity index (χ1v) is 12.0. The molecule has 0 spiro atoms. The van der Waals surface area contributed by atoms with Gasteiger partial charge in [-0.1, -0.05) is 20.3 Å². The van der Waals surface area contributed by atoms with Crippen molar-refractivity contribution in [2.24, 2.45) is 23.4 Å². The van der Waals surface area contributed by atoms with Gasteiger partial charge in [-0.15, -0.1) is 0 Å². The summed E-state index contributed by atoms with van der Waals surface area (Å²) in [5, 5.41) is 38.0. The zero-order chi connectivity index (χ0) is 26.2. The largest absolute Gasteiger partial charge is 0.399 e. The van der Waals surface area contributed by atoms with E-state index in [2.05, 4.69) is 0 Å². The van der Waals surface area contributed by atoms with Crippen molar-refractivity contribution in [3.05, 3.63) is 11.9 Å². The molecule has 8 N–H and O–H groups in total. The Kier molecular flexibility index (Phi) is 25.4. The number of aliphatic hydroxyl groups excluding tert-OH is 4. The van der Waals surface area contributed by atoms with Crippen LogP contribution in [-0.4, -0.2) is 103 Å². The van der Waals surface area contributed by atoms with Crippen molar-refractivity contribution < 1.29 is 39.4 Å². The van der Waals surface area contributed by atoms with Gasteiger partial charge in [0.2, 0.25) is 0 Å². The molecule has 11 nitrogen and oxygen atoms in total. The number of aliphatic hydroxyl groups is 4. The van der Waals surface area contributed by atoms with Crippen LogP contribution in [0.2, 0.25) is 0 Å². The lowest BCUT2D eigenvalue weighted by molar-refractivity contribution is -0.117. The number of hydrazine groups is 1. The van der Waals surface area contributed by atoms with Gasteiger partial charge >= 0.3 is 0 Å². The van der Waals surface area contributed by atoms with E-state index in [0.717, 1.165) is 19.3 Å². The molecule has 0 bridgehead atoms. The van der Waals surface area contributed by atoms with E-state index in [1.165, 1.54) is 5.01 Å². The average Bonchev–Trinajstić information content (AvgIpc) is 2.83. The Hall–Kier alpha value is -1.31. The summed E-state index contributed by atoms with van der Waals surface area (Å²) in [6, 6.07) is 0. The van der Waals surface area contributed by atoms with E-state index in [-0.39, 0.29) is 77.1 Å². The van der Waals surface area contributed by atoms with Crippen molar-refractivity contribution in [1.29, 1.82) is 0 Å². The van der Waals surface area contributed by atoms with Crippen LogP contribution in [0.4, 0.5) is 0 Å². The fourth-order valence-electron chi connectivity index (χ4n) is 2.58. The summed E-state index contributed by atoms with van der Waals surface area (Å²) in [7, 11) is 0. The quantitative estimate of drug-likeness (QED) is 0.0662. The van der Waals surface area contributed by atoms with Gasteiger partial charge in [0.25, 0.3) is 0 Å². The number of hydrogen-bond acceptors (Lipinski definition) is 11. The van der Waals surface area contributed by atoms with Crippen LogP contribution in [0.3, 0.4) is 0 Å². The third kappa shape index (κ3) is 21.2. The van der Waals surface area contributed by atoms with E-state index >= 15 is 0 Å². The molecule has 0 saturated heterocycles. The molecule has 0 heterocycles. The highest BCUT2D eigenvalue weighted by Crippen LogP contribution is 2.05. The number of ether oxygens (including phenoxy) is 3. The molecular weight excluding hydrogens is 446 g/mol. The highest BCUT2D eigenvalue weighted by molar-refractivity contribution is 5.75. The Bertz CT molecular complexity index is 471. The fourth-order valence-corrected chi connectivity index (χ4v) is 2.58. The molecule has 0 saturated carbocycles. The van der Waals surface area contributed by atoms with E-state index in [1.807, 2.05) is 13.8 Å². The minimum Gasteiger partial charge on any atom is -0.399 e. The van der Waals surface area contributed by atoms with E-state index in [0.29, 0.717) is 18.7 Å². The number of carbonyl (C=O) groups is 1. The predicted octanol–water partition coefficient (Wildman–Crippen LogP) is -0.242. The van der Waals surface area contributed by atoms with Gasteiger partial charge in [-0.25, -0.2) is 5.84 Å². The summed E-state index contributed by atoms with van der Waals surface area (Å²) < 4.78 is 16.8. The number of nitrogens with zero attached hydrogens (tertiary/aromatic N) is 1. The molecule has 0 aromatic heterocycles. The van der Waals surface area contributed by atoms with Crippen molar-refractivity contribution in [1.82, 2.24) is 5.01 Å². The van der Waals surface area contributed by atoms with Gasteiger partial charge in [-0.2, -0.15) is 0 Å². The number of hydrogen-bond donors (Lipinski definition) is 6. The van der Waals surface area contributed by atoms with Crippen molar-refractivity contribution in [2.45, 2.75) is 52.6 Å². The highest BCUT2D eigenvalue weighted by atomic mass is 16.6. The maximum Gasteiger partial charge on any atom is 0.129 e. The number of unbranched alkanes of at least 4 members (excludes halogenated alkanes) is 2. The Morgan fingerprint density at radius 1 is 0.882 bits per heavy atom. The lowest BCUT2D eigenvalue weighted by Gasteiger charge is -2.21. The molecular formula is C23H49N3O8. The zero-order valence-corrected chi connectivity index (χ0v) is 21.2. The van der Waals surface area contributed by atoms with E-state index in [9.17, 15) is 4.79 Å².